The van der Waals surface area contributed by atoms with Crippen LogP contribution in [-0.4, -0.2) is 67.3 Å². The highest BCUT2D eigenvalue weighted by atomic mass is 32.2. The van der Waals surface area contributed by atoms with Crippen molar-refractivity contribution in [3.05, 3.63) is 24.4 Å². The summed E-state index contributed by atoms with van der Waals surface area (Å²) >= 11 is 0. The number of aromatic nitrogens is 4. The Bertz CT molecular complexity index is 827. The van der Waals surface area contributed by atoms with E-state index >= 15 is 0 Å². The van der Waals surface area contributed by atoms with E-state index in [1.165, 1.54) is 12.5 Å². The SMILES string of the molecule is Cc1nc(S(=O)(=O)NCCNc2cc(N3CCOCC3)ncn2)cn1C. The van der Waals surface area contributed by atoms with Gasteiger partial charge in [0, 0.05) is 45.5 Å². The van der Waals surface area contributed by atoms with Crippen molar-refractivity contribution in [2.45, 2.75) is 11.9 Å². The van der Waals surface area contributed by atoms with Crippen LogP contribution in [0, 0.1) is 6.92 Å². The zero-order chi connectivity index (χ0) is 18.6. The van der Waals surface area contributed by atoms with E-state index in [1.54, 1.807) is 18.5 Å². The fraction of sp³-hybridized carbons (Fsp3) is 0.533. The van der Waals surface area contributed by atoms with Gasteiger partial charge in [-0.05, 0) is 6.92 Å². The van der Waals surface area contributed by atoms with Crippen molar-refractivity contribution in [2.75, 3.05) is 49.6 Å². The molecule has 11 heteroatoms. The zero-order valence-electron chi connectivity index (χ0n) is 14.8. The molecule has 26 heavy (non-hydrogen) atoms. The Kier molecular flexibility index (Phi) is 5.69. The number of nitrogens with one attached hydrogen (secondary N) is 2. The van der Waals surface area contributed by atoms with Crippen molar-refractivity contribution in [1.82, 2.24) is 24.2 Å². The molecule has 1 saturated heterocycles. The number of ether oxygens (including phenoxy) is 1. The highest BCUT2D eigenvalue weighted by Crippen LogP contribution is 2.15. The van der Waals surface area contributed by atoms with Crippen LogP contribution in [0.3, 0.4) is 0 Å². The summed E-state index contributed by atoms with van der Waals surface area (Å²) in [6, 6.07) is 1.85. The van der Waals surface area contributed by atoms with E-state index in [0.29, 0.717) is 31.4 Å². The Morgan fingerprint density at radius 1 is 1.23 bits per heavy atom. The molecule has 1 aliphatic rings. The summed E-state index contributed by atoms with van der Waals surface area (Å²) in [7, 11) is -1.86. The molecule has 2 aromatic heterocycles. The van der Waals surface area contributed by atoms with E-state index in [9.17, 15) is 8.42 Å². The van der Waals surface area contributed by atoms with E-state index in [2.05, 4.69) is 29.9 Å². The smallest absolute Gasteiger partial charge is 0.259 e. The number of rotatable bonds is 7. The lowest BCUT2D eigenvalue weighted by atomic mass is 10.4. The predicted octanol–water partition coefficient (Wildman–Crippen LogP) is -0.254. The third kappa shape index (κ3) is 4.48. The highest BCUT2D eigenvalue weighted by molar-refractivity contribution is 7.89. The number of hydrogen-bond acceptors (Lipinski definition) is 8. The minimum absolute atomic E-state index is 0.0224. The summed E-state index contributed by atoms with van der Waals surface area (Å²) in [5.41, 5.74) is 0. The van der Waals surface area contributed by atoms with Crippen molar-refractivity contribution >= 4 is 21.7 Å². The lowest BCUT2D eigenvalue weighted by molar-refractivity contribution is 0.122. The molecule has 1 fully saturated rings. The average Bonchev–Trinajstić information content (AvgIpc) is 3.00. The molecule has 0 spiro atoms. The number of morpholine rings is 1. The van der Waals surface area contributed by atoms with Crippen LogP contribution in [0.15, 0.2) is 23.6 Å². The van der Waals surface area contributed by atoms with Crippen LogP contribution in [0.25, 0.3) is 0 Å². The molecule has 3 rings (SSSR count). The third-order valence-electron chi connectivity index (χ3n) is 4.07. The van der Waals surface area contributed by atoms with E-state index in [1.807, 2.05) is 6.07 Å². The first kappa shape index (κ1) is 18.5. The fourth-order valence-electron chi connectivity index (χ4n) is 2.51. The summed E-state index contributed by atoms with van der Waals surface area (Å²) in [5, 5.41) is 3.13. The number of hydrogen-bond donors (Lipinski definition) is 2. The van der Waals surface area contributed by atoms with Gasteiger partial charge in [0.1, 0.15) is 23.8 Å². The fourth-order valence-corrected chi connectivity index (χ4v) is 3.58. The van der Waals surface area contributed by atoms with Gasteiger partial charge in [-0.25, -0.2) is 28.1 Å². The molecule has 0 aromatic carbocycles. The van der Waals surface area contributed by atoms with Gasteiger partial charge in [0.2, 0.25) is 0 Å². The Labute approximate surface area is 152 Å². The first-order chi connectivity index (χ1) is 12.5. The molecule has 2 aromatic rings. The van der Waals surface area contributed by atoms with Gasteiger partial charge in [-0.3, -0.25) is 0 Å². The minimum Gasteiger partial charge on any atom is -0.378 e. The van der Waals surface area contributed by atoms with Crippen molar-refractivity contribution < 1.29 is 13.2 Å². The Morgan fingerprint density at radius 3 is 2.69 bits per heavy atom. The van der Waals surface area contributed by atoms with Crippen LogP contribution < -0.4 is 14.9 Å². The van der Waals surface area contributed by atoms with Crippen molar-refractivity contribution in [2.24, 2.45) is 7.05 Å². The van der Waals surface area contributed by atoms with E-state index < -0.39 is 10.0 Å². The molecule has 0 saturated carbocycles. The summed E-state index contributed by atoms with van der Waals surface area (Å²) in [5.74, 6) is 2.12. The van der Waals surface area contributed by atoms with Gasteiger partial charge in [-0.15, -0.1) is 0 Å². The van der Waals surface area contributed by atoms with E-state index in [0.717, 1.165) is 18.9 Å². The van der Waals surface area contributed by atoms with Gasteiger partial charge in [-0.2, -0.15) is 0 Å². The van der Waals surface area contributed by atoms with Crippen molar-refractivity contribution in [1.29, 1.82) is 0 Å². The van der Waals surface area contributed by atoms with Crippen LogP contribution in [0.2, 0.25) is 0 Å². The number of anilines is 2. The van der Waals surface area contributed by atoms with Crippen LogP contribution in [-0.2, 0) is 21.8 Å². The van der Waals surface area contributed by atoms with Crippen LogP contribution >= 0.6 is 0 Å². The first-order valence-electron chi connectivity index (χ1n) is 8.34. The lowest BCUT2D eigenvalue weighted by Crippen LogP contribution is -2.36. The maximum Gasteiger partial charge on any atom is 0.259 e. The van der Waals surface area contributed by atoms with Crippen molar-refractivity contribution in [3.63, 3.8) is 0 Å². The molecule has 10 nitrogen and oxygen atoms in total. The number of nitrogens with zero attached hydrogens (tertiary/aromatic N) is 5. The molecule has 1 aliphatic heterocycles. The average molecular weight is 381 g/mol. The summed E-state index contributed by atoms with van der Waals surface area (Å²) in [6.07, 6.45) is 2.98. The van der Waals surface area contributed by atoms with Crippen LogP contribution in [0.5, 0.6) is 0 Å². The quantitative estimate of drug-likeness (QED) is 0.631. The monoisotopic (exact) mass is 381 g/mol. The molecule has 0 radical (unpaired) electrons. The Hall–Kier alpha value is -2.24. The number of sulfonamides is 1. The normalized spacial score (nSPS) is 15.2. The highest BCUT2D eigenvalue weighted by Gasteiger charge is 2.18. The summed E-state index contributed by atoms with van der Waals surface area (Å²) in [4.78, 5) is 14.6. The van der Waals surface area contributed by atoms with Gasteiger partial charge in [0.05, 0.1) is 13.2 Å². The molecule has 2 N–H and O–H groups in total. The Morgan fingerprint density at radius 2 is 2.00 bits per heavy atom. The molecule has 0 aliphatic carbocycles. The molecular formula is C15H23N7O3S. The summed E-state index contributed by atoms with van der Waals surface area (Å²) in [6.45, 7) is 5.31. The van der Waals surface area contributed by atoms with Crippen molar-refractivity contribution in [3.8, 4) is 0 Å². The number of aryl methyl sites for hydroxylation is 2. The first-order valence-corrected chi connectivity index (χ1v) is 9.82. The standard InChI is InChI=1S/C15H23N7O3S/c1-12-20-15(10-21(12)2)26(23,24)19-4-3-16-13-9-14(18-11-17-13)22-5-7-25-8-6-22/h9-11,19H,3-8H2,1-2H3,(H,16,17,18). The van der Waals surface area contributed by atoms with Gasteiger partial charge in [0.15, 0.2) is 5.03 Å². The van der Waals surface area contributed by atoms with Gasteiger partial charge >= 0.3 is 0 Å². The van der Waals surface area contributed by atoms with E-state index in [-0.39, 0.29) is 11.6 Å². The second kappa shape index (κ2) is 7.98. The molecular weight excluding hydrogens is 358 g/mol. The third-order valence-corrected chi connectivity index (χ3v) is 5.40. The molecule has 0 unspecified atom stereocenters. The molecule has 142 valence electrons. The van der Waals surface area contributed by atoms with Gasteiger partial charge in [0.25, 0.3) is 10.0 Å². The maximum atomic E-state index is 12.2. The second-order valence-electron chi connectivity index (χ2n) is 5.92. The molecule has 0 bridgehead atoms. The molecule has 0 amide bonds. The second-order valence-corrected chi connectivity index (χ2v) is 7.64. The van der Waals surface area contributed by atoms with Gasteiger partial charge < -0.3 is 19.5 Å². The Balaban J connectivity index is 1.52. The number of imidazole rings is 1. The van der Waals surface area contributed by atoms with E-state index in [4.69, 9.17) is 4.74 Å². The van der Waals surface area contributed by atoms with Gasteiger partial charge in [-0.1, -0.05) is 0 Å². The lowest BCUT2D eigenvalue weighted by Gasteiger charge is -2.27. The predicted molar refractivity (Wildman–Crippen MR) is 96.7 cm³/mol. The maximum absolute atomic E-state index is 12.2. The molecule has 0 atom stereocenters. The topological polar surface area (TPSA) is 114 Å². The van der Waals surface area contributed by atoms with Crippen LogP contribution in [0.4, 0.5) is 11.6 Å². The zero-order valence-corrected chi connectivity index (χ0v) is 15.7. The van der Waals surface area contributed by atoms with Crippen LogP contribution in [0.1, 0.15) is 5.82 Å². The minimum atomic E-state index is -3.62. The summed E-state index contributed by atoms with van der Waals surface area (Å²) < 4.78 is 34.0. The largest absolute Gasteiger partial charge is 0.378 e. The molecule has 3 heterocycles.